The van der Waals surface area contributed by atoms with Crippen LogP contribution in [-0.4, -0.2) is 7.11 Å². The molecule has 0 fully saturated rings. The second kappa shape index (κ2) is 3.20. The molecule has 0 spiro atoms. The zero-order chi connectivity index (χ0) is 10.1. The molecule has 1 nitrogen and oxygen atoms in total. The highest BCUT2D eigenvalue weighted by atomic mass is 19.4. The van der Waals surface area contributed by atoms with E-state index in [1.165, 1.54) is 13.2 Å². The molecule has 1 aromatic rings. The topological polar surface area (TPSA) is 9.23 Å². The van der Waals surface area contributed by atoms with Crippen molar-refractivity contribution < 1.29 is 17.9 Å². The summed E-state index contributed by atoms with van der Waals surface area (Å²) in [5.74, 6) is 0.167. The van der Waals surface area contributed by atoms with E-state index in [0.717, 1.165) is 12.1 Å². The van der Waals surface area contributed by atoms with Gasteiger partial charge in [-0.15, -0.1) is 6.07 Å². The van der Waals surface area contributed by atoms with Gasteiger partial charge in [0, 0.05) is 5.56 Å². The first-order chi connectivity index (χ1) is 5.93. The summed E-state index contributed by atoms with van der Waals surface area (Å²) < 4.78 is 41.3. The molecule has 0 radical (unpaired) electrons. The molecular weight excluding hydrogens is 181 g/mol. The van der Waals surface area contributed by atoms with Crippen molar-refractivity contribution in [3.05, 3.63) is 36.2 Å². The minimum absolute atomic E-state index is 0.167. The molecule has 0 unspecified atom stereocenters. The number of ether oxygens (including phenoxy) is 1. The molecule has 0 aliphatic rings. The van der Waals surface area contributed by atoms with Crippen LogP contribution in [0.25, 0.3) is 0 Å². The predicted octanol–water partition coefficient (Wildman–Crippen LogP) is 2.90. The number of halogens is 3. The third-order valence-electron chi connectivity index (χ3n) is 1.53. The van der Waals surface area contributed by atoms with Crippen LogP contribution < -0.4 is 4.74 Å². The van der Waals surface area contributed by atoms with E-state index in [9.17, 15) is 13.2 Å². The van der Waals surface area contributed by atoms with Gasteiger partial charge in [0.05, 0.1) is 12.9 Å². The van der Waals surface area contributed by atoms with Crippen molar-refractivity contribution in [2.45, 2.75) is 6.18 Å². The molecule has 0 saturated heterocycles. The molecule has 0 bridgehead atoms. The first kappa shape index (κ1) is 9.77. The van der Waals surface area contributed by atoms with Crippen LogP contribution in [0.2, 0.25) is 0 Å². The van der Waals surface area contributed by atoms with Gasteiger partial charge in [-0.1, -0.05) is 0 Å². The summed E-state index contributed by atoms with van der Waals surface area (Å²) in [4.78, 5) is 0. The molecule has 0 aliphatic carbocycles. The van der Waals surface area contributed by atoms with E-state index in [2.05, 4.69) is 6.92 Å². The summed E-state index contributed by atoms with van der Waals surface area (Å²) >= 11 is 0. The van der Waals surface area contributed by atoms with Crippen molar-refractivity contribution in [2.24, 2.45) is 0 Å². The van der Waals surface area contributed by atoms with Crippen LogP contribution in [0.5, 0.6) is 5.75 Å². The zero-order valence-corrected chi connectivity index (χ0v) is 6.98. The molecule has 0 aromatic heterocycles. The smallest absolute Gasteiger partial charge is 0.405 e. The fourth-order valence-electron chi connectivity index (χ4n) is 0.942. The van der Waals surface area contributed by atoms with Gasteiger partial charge in [0.25, 0.3) is 0 Å². The van der Waals surface area contributed by atoms with Crippen molar-refractivity contribution in [3.8, 4) is 5.75 Å². The first-order valence-corrected chi connectivity index (χ1v) is 3.51. The number of hydrogen-bond donors (Lipinski definition) is 0. The molecule has 0 aliphatic heterocycles. The Hall–Kier alpha value is -1.32. The SMILES string of the molecule is [CH2-]c1cc(OC)cc(C(F)(F)F)c1. The Morgan fingerprint density at radius 3 is 2.31 bits per heavy atom. The number of alkyl halides is 3. The van der Waals surface area contributed by atoms with Gasteiger partial charge >= 0.3 is 6.18 Å². The standard InChI is InChI=1S/C9H8F3O/c1-6-3-7(9(10,11)12)5-8(4-6)13-2/h3-5H,1H2,2H3/q-1. The summed E-state index contributed by atoms with van der Waals surface area (Å²) in [7, 11) is 1.31. The van der Waals surface area contributed by atoms with E-state index in [4.69, 9.17) is 4.74 Å². The summed E-state index contributed by atoms with van der Waals surface area (Å²) in [6.45, 7) is 3.42. The Morgan fingerprint density at radius 2 is 1.85 bits per heavy atom. The lowest BCUT2D eigenvalue weighted by Gasteiger charge is -2.14. The fraction of sp³-hybridized carbons (Fsp3) is 0.222. The number of methoxy groups -OCH3 is 1. The highest BCUT2D eigenvalue weighted by Gasteiger charge is 2.28. The second-order valence-corrected chi connectivity index (χ2v) is 2.57. The van der Waals surface area contributed by atoms with Crippen molar-refractivity contribution >= 4 is 0 Å². The fourth-order valence-corrected chi connectivity index (χ4v) is 0.942. The van der Waals surface area contributed by atoms with E-state index in [1.54, 1.807) is 0 Å². The van der Waals surface area contributed by atoms with E-state index in [-0.39, 0.29) is 11.3 Å². The lowest BCUT2D eigenvalue weighted by molar-refractivity contribution is -0.137. The minimum Gasteiger partial charge on any atom is -0.510 e. The van der Waals surface area contributed by atoms with Gasteiger partial charge in [-0.25, -0.2) is 0 Å². The Kier molecular flexibility index (Phi) is 2.40. The molecule has 0 atom stereocenters. The molecular formula is C9H8F3O-. The molecule has 1 aromatic carbocycles. The largest absolute Gasteiger partial charge is 0.510 e. The molecule has 13 heavy (non-hydrogen) atoms. The van der Waals surface area contributed by atoms with E-state index in [0.29, 0.717) is 0 Å². The van der Waals surface area contributed by atoms with Gasteiger partial charge in [-0.2, -0.15) is 31.7 Å². The highest BCUT2D eigenvalue weighted by molar-refractivity contribution is 5.37. The van der Waals surface area contributed by atoms with Gasteiger partial charge in [-0.3, -0.25) is 0 Å². The summed E-state index contributed by atoms with van der Waals surface area (Å²) in [6, 6.07) is 3.35. The van der Waals surface area contributed by atoms with Crippen LogP contribution in [0.4, 0.5) is 13.2 Å². The average molecular weight is 189 g/mol. The predicted molar refractivity (Wildman–Crippen MR) is 42.5 cm³/mol. The Labute approximate surface area is 74.1 Å². The zero-order valence-electron chi connectivity index (χ0n) is 6.98. The number of benzene rings is 1. The normalized spacial score (nSPS) is 11.4. The monoisotopic (exact) mass is 189 g/mol. The van der Waals surface area contributed by atoms with E-state index >= 15 is 0 Å². The Balaban J connectivity index is 3.16. The summed E-state index contributed by atoms with van der Waals surface area (Å²) in [6.07, 6.45) is -4.35. The van der Waals surface area contributed by atoms with E-state index in [1.807, 2.05) is 0 Å². The lowest BCUT2D eigenvalue weighted by Crippen LogP contribution is -2.05. The number of hydrogen-bond acceptors (Lipinski definition) is 1. The third kappa shape index (κ3) is 2.31. The van der Waals surface area contributed by atoms with Crippen LogP contribution in [-0.2, 0) is 6.18 Å². The van der Waals surface area contributed by atoms with Crippen molar-refractivity contribution in [1.29, 1.82) is 0 Å². The quantitative estimate of drug-likeness (QED) is 0.617. The van der Waals surface area contributed by atoms with E-state index < -0.39 is 11.7 Å². The molecule has 0 amide bonds. The van der Waals surface area contributed by atoms with Gasteiger partial charge in [0.15, 0.2) is 0 Å². The summed E-state index contributed by atoms with van der Waals surface area (Å²) in [5, 5.41) is 0. The van der Waals surface area contributed by atoms with Crippen LogP contribution in [0, 0.1) is 6.92 Å². The van der Waals surface area contributed by atoms with Crippen LogP contribution >= 0.6 is 0 Å². The number of rotatable bonds is 1. The molecule has 0 N–H and O–H groups in total. The Morgan fingerprint density at radius 1 is 1.23 bits per heavy atom. The third-order valence-corrected chi connectivity index (χ3v) is 1.53. The van der Waals surface area contributed by atoms with Crippen LogP contribution in [0.3, 0.4) is 0 Å². The van der Waals surface area contributed by atoms with Gasteiger partial charge < -0.3 is 4.74 Å². The highest BCUT2D eigenvalue weighted by Crippen LogP contribution is 2.32. The maximum Gasteiger partial charge on any atom is 0.405 e. The van der Waals surface area contributed by atoms with Crippen LogP contribution in [0.15, 0.2) is 18.2 Å². The van der Waals surface area contributed by atoms with Crippen LogP contribution in [0.1, 0.15) is 11.1 Å². The summed E-state index contributed by atoms with van der Waals surface area (Å²) in [5.41, 5.74) is -0.455. The van der Waals surface area contributed by atoms with Gasteiger partial charge in [0.1, 0.15) is 0 Å². The Bertz CT molecular complexity index is 304. The van der Waals surface area contributed by atoms with Gasteiger partial charge in [0.2, 0.25) is 0 Å². The van der Waals surface area contributed by atoms with Crippen molar-refractivity contribution in [1.82, 2.24) is 0 Å². The van der Waals surface area contributed by atoms with Gasteiger partial charge in [-0.05, 0) is 6.07 Å². The minimum atomic E-state index is -4.35. The molecule has 0 saturated carbocycles. The average Bonchev–Trinajstić information content (AvgIpc) is 2.01. The molecule has 72 valence electrons. The molecule has 1 rings (SSSR count). The molecule has 4 heteroatoms. The molecule has 0 heterocycles. The maximum absolute atomic E-state index is 12.2. The first-order valence-electron chi connectivity index (χ1n) is 3.51. The lowest BCUT2D eigenvalue weighted by atomic mass is 10.1. The van der Waals surface area contributed by atoms with Crippen molar-refractivity contribution in [2.75, 3.05) is 7.11 Å². The maximum atomic E-state index is 12.2. The van der Waals surface area contributed by atoms with Crippen molar-refractivity contribution in [3.63, 3.8) is 0 Å². The second-order valence-electron chi connectivity index (χ2n) is 2.57.